The van der Waals surface area contributed by atoms with Crippen LogP contribution >= 0.6 is 15.9 Å². The molecule has 0 aromatic carbocycles. The molecule has 0 amide bonds. The van der Waals surface area contributed by atoms with Crippen molar-refractivity contribution in [2.75, 3.05) is 0 Å². The molecule has 0 aliphatic carbocycles. The summed E-state index contributed by atoms with van der Waals surface area (Å²) >= 11 is 3.63. The zero-order chi connectivity index (χ0) is 15.0. The molecular formula is C14H25BrN4O. The number of nitrogens with zero attached hydrogens (tertiary/aromatic N) is 2. The summed E-state index contributed by atoms with van der Waals surface area (Å²) < 4.78 is 8.95. The van der Waals surface area contributed by atoms with Gasteiger partial charge in [0.25, 0.3) is 0 Å². The van der Waals surface area contributed by atoms with E-state index in [4.69, 9.17) is 10.6 Å². The lowest BCUT2D eigenvalue weighted by molar-refractivity contribution is 0.0475. The number of rotatable bonds is 4. The van der Waals surface area contributed by atoms with Crippen molar-refractivity contribution in [3.05, 3.63) is 15.9 Å². The first-order chi connectivity index (χ1) is 9.36. The molecule has 3 N–H and O–H groups in total. The summed E-state index contributed by atoms with van der Waals surface area (Å²) in [7, 11) is 1.97. The van der Waals surface area contributed by atoms with Gasteiger partial charge >= 0.3 is 0 Å². The van der Waals surface area contributed by atoms with Crippen molar-refractivity contribution in [1.29, 1.82) is 0 Å². The van der Waals surface area contributed by atoms with E-state index in [1.54, 1.807) is 0 Å². The minimum atomic E-state index is 0.177. The van der Waals surface area contributed by atoms with Gasteiger partial charge in [-0.25, -0.2) is 0 Å². The van der Waals surface area contributed by atoms with Crippen LogP contribution in [0.5, 0.6) is 0 Å². The van der Waals surface area contributed by atoms with Gasteiger partial charge in [0.2, 0.25) is 0 Å². The lowest BCUT2D eigenvalue weighted by Crippen LogP contribution is -2.47. The Morgan fingerprint density at radius 2 is 2.05 bits per heavy atom. The van der Waals surface area contributed by atoms with Crippen LogP contribution in [0.3, 0.4) is 0 Å². The van der Waals surface area contributed by atoms with Gasteiger partial charge in [-0.2, -0.15) is 5.10 Å². The molecule has 0 radical (unpaired) electrons. The highest BCUT2D eigenvalue weighted by atomic mass is 79.9. The molecule has 1 fully saturated rings. The number of ether oxygens (including phenoxy) is 1. The zero-order valence-electron chi connectivity index (χ0n) is 12.9. The number of aromatic nitrogens is 2. The number of nitrogens with one attached hydrogen (secondary N) is 1. The van der Waals surface area contributed by atoms with Crippen LogP contribution in [0.2, 0.25) is 0 Å². The van der Waals surface area contributed by atoms with Gasteiger partial charge in [0.15, 0.2) is 0 Å². The van der Waals surface area contributed by atoms with Crippen molar-refractivity contribution in [3.63, 3.8) is 0 Å². The van der Waals surface area contributed by atoms with E-state index in [1.807, 2.05) is 18.7 Å². The largest absolute Gasteiger partial charge is 0.375 e. The van der Waals surface area contributed by atoms with Crippen molar-refractivity contribution in [3.8, 4) is 0 Å². The molecule has 6 heteroatoms. The Morgan fingerprint density at radius 3 is 2.45 bits per heavy atom. The Kier molecular flexibility index (Phi) is 4.89. The van der Waals surface area contributed by atoms with Gasteiger partial charge in [-0.3, -0.25) is 16.0 Å². The van der Waals surface area contributed by atoms with E-state index >= 15 is 0 Å². The number of hydrogen-bond donors (Lipinski definition) is 2. The second-order valence-corrected chi connectivity index (χ2v) is 6.72. The maximum Gasteiger partial charge on any atom is 0.0738 e. The average Bonchev–Trinajstić information content (AvgIpc) is 2.77. The smallest absolute Gasteiger partial charge is 0.0738 e. The first-order valence-corrected chi connectivity index (χ1v) is 7.95. The number of aryl methyl sites for hydroxylation is 2. The second kappa shape index (κ2) is 6.13. The molecule has 1 aliphatic rings. The minimum Gasteiger partial charge on any atom is -0.375 e. The van der Waals surface area contributed by atoms with Crippen molar-refractivity contribution < 1.29 is 4.74 Å². The fourth-order valence-electron chi connectivity index (χ4n) is 3.40. The molecule has 1 aliphatic heterocycles. The Labute approximate surface area is 129 Å². The fourth-order valence-corrected chi connectivity index (χ4v) is 3.90. The van der Waals surface area contributed by atoms with Crippen LogP contribution in [0, 0.1) is 18.8 Å². The normalized spacial score (nSPS) is 31.8. The average molecular weight is 345 g/mol. The molecule has 20 heavy (non-hydrogen) atoms. The fraction of sp³-hybridized carbons (Fsp3) is 0.786. The maximum atomic E-state index is 5.94. The first-order valence-electron chi connectivity index (χ1n) is 7.16. The molecule has 5 atom stereocenters. The Hall–Kier alpha value is -0.430. The monoisotopic (exact) mass is 344 g/mol. The highest BCUT2D eigenvalue weighted by Crippen LogP contribution is 2.36. The second-order valence-electron chi connectivity index (χ2n) is 5.93. The van der Waals surface area contributed by atoms with Crippen LogP contribution in [-0.2, 0) is 18.2 Å². The summed E-state index contributed by atoms with van der Waals surface area (Å²) in [5, 5.41) is 4.45. The predicted molar refractivity (Wildman–Crippen MR) is 83.1 cm³/mol. The Bertz CT molecular complexity index is 476. The lowest BCUT2D eigenvalue weighted by Gasteiger charge is -2.28. The quantitative estimate of drug-likeness (QED) is 0.646. The molecule has 114 valence electrons. The summed E-state index contributed by atoms with van der Waals surface area (Å²) in [4.78, 5) is 0. The van der Waals surface area contributed by atoms with E-state index in [-0.39, 0.29) is 18.2 Å². The van der Waals surface area contributed by atoms with Gasteiger partial charge in [0.05, 0.1) is 28.1 Å². The number of halogens is 1. The molecule has 5 nitrogen and oxygen atoms in total. The predicted octanol–water partition coefficient (Wildman–Crippen LogP) is 1.92. The van der Waals surface area contributed by atoms with E-state index in [0.29, 0.717) is 11.8 Å². The molecule has 0 bridgehead atoms. The third-order valence-electron chi connectivity index (χ3n) is 4.67. The molecular weight excluding hydrogens is 320 g/mol. The topological polar surface area (TPSA) is 65.1 Å². The lowest BCUT2D eigenvalue weighted by atomic mass is 9.82. The summed E-state index contributed by atoms with van der Waals surface area (Å²) in [6.07, 6.45) is 1.33. The molecule has 2 rings (SSSR count). The van der Waals surface area contributed by atoms with Crippen molar-refractivity contribution in [2.45, 2.75) is 52.4 Å². The van der Waals surface area contributed by atoms with Crippen molar-refractivity contribution in [1.82, 2.24) is 15.2 Å². The minimum absolute atomic E-state index is 0.177. The molecule has 0 saturated carbocycles. The van der Waals surface area contributed by atoms with Crippen LogP contribution in [0.1, 0.15) is 32.2 Å². The third kappa shape index (κ3) is 2.79. The van der Waals surface area contributed by atoms with E-state index < -0.39 is 0 Å². The standard InChI is InChI=1S/C14H25BrN4O/c1-7-9(3)20-10(4)13(7)11(17-16)6-12-14(15)8(2)18-19(12)5/h7,9-11,13,17H,6,16H2,1-5H3. The number of hydrogen-bond acceptors (Lipinski definition) is 4. The maximum absolute atomic E-state index is 5.94. The summed E-state index contributed by atoms with van der Waals surface area (Å²) in [5.74, 6) is 6.71. The van der Waals surface area contributed by atoms with Gasteiger partial charge in [-0.05, 0) is 42.6 Å². The molecule has 0 spiro atoms. The first kappa shape index (κ1) is 15.9. The van der Waals surface area contributed by atoms with Gasteiger partial charge in [0.1, 0.15) is 0 Å². The van der Waals surface area contributed by atoms with Gasteiger partial charge in [-0.15, -0.1) is 0 Å². The van der Waals surface area contributed by atoms with Crippen LogP contribution in [0.15, 0.2) is 4.47 Å². The SMILES string of the molecule is Cc1nn(C)c(CC(NN)C2C(C)OC(C)C2C)c1Br. The highest BCUT2D eigenvalue weighted by Gasteiger charge is 2.41. The molecule has 5 unspecified atom stereocenters. The molecule has 1 aromatic heterocycles. The summed E-state index contributed by atoms with van der Waals surface area (Å²) in [5.41, 5.74) is 5.18. The number of nitrogens with two attached hydrogens (primary N) is 1. The van der Waals surface area contributed by atoms with E-state index in [2.05, 4.69) is 47.2 Å². The third-order valence-corrected chi connectivity index (χ3v) is 5.70. The molecule has 2 heterocycles. The van der Waals surface area contributed by atoms with E-state index in [0.717, 1.165) is 16.6 Å². The van der Waals surface area contributed by atoms with Crippen LogP contribution in [0.4, 0.5) is 0 Å². The summed E-state index contributed by atoms with van der Waals surface area (Å²) in [6, 6.07) is 0.177. The van der Waals surface area contributed by atoms with Crippen molar-refractivity contribution >= 4 is 15.9 Å². The number of hydrazine groups is 1. The Morgan fingerprint density at radius 1 is 1.40 bits per heavy atom. The van der Waals surface area contributed by atoms with Crippen LogP contribution in [-0.4, -0.2) is 28.0 Å². The van der Waals surface area contributed by atoms with Crippen molar-refractivity contribution in [2.24, 2.45) is 24.7 Å². The molecule has 1 aromatic rings. The Balaban J connectivity index is 2.21. The van der Waals surface area contributed by atoms with Gasteiger partial charge < -0.3 is 4.74 Å². The zero-order valence-corrected chi connectivity index (χ0v) is 14.4. The van der Waals surface area contributed by atoms with Gasteiger partial charge in [0, 0.05) is 25.4 Å². The summed E-state index contributed by atoms with van der Waals surface area (Å²) in [6.45, 7) is 8.52. The molecule has 1 saturated heterocycles. The van der Waals surface area contributed by atoms with E-state index in [9.17, 15) is 0 Å². The van der Waals surface area contributed by atoms with E-state index in [1.165, 1.54) is 5.69 Å². The van der Waals surface area contributed by atoms with Crippen LogP contribution in [0.25, 0.3) is 0 Å². The van der Waals surface area contributed by atoms with Gasteiger partial charge in [-0.1, -0.05) is 6.92 Å². The van der Waals surface area contributed by atoms with Crippen LogP contribution < -0.4 is 11.3 Å². The highest BCUT2D eigenvalue weighted by molar-refractivity contribution is 9.10.